The molecule has 1 saturated carbocycles. The fourth-order valence-electron chi connectivity index (χ4n) is 2.28. The second kappa shape index (κ2) is 4.56. The maximum Gasteiger partial charge on any atom is 0.168 e. The summed E-state index contributed by atoms with van der Waals surface area (Å²) in [7, 11) is 1.59. The van der Waals surface area contributed by atoms with E-state index in [1.165, 1.54) is 0 Å². The molecule has 0 atom stereocenters. The standard InChI is InChI=1S/C13H17NO2/c1-16-10-6-7-12(14)11(8-10)13(15)9-4-2-3-5-9/h6-9H,2-5,14H2,1H3. The number of rotatable bonds is 3. The molecule has 2 rings (SSSR count). The minimum atomic E-state index is 0.161. The number of ketones is 1. The molecule has 0 heterocycles. The van der Waals surface area contributed by atoms with Gasteiger partial charge in [0.05, 0.1) is 7.11 Å². The predicted molar refractivity (Wildman–Crippen MR) is 63.7 cm³/mol. The van der Waals surface area contributed by atoms with Gasteiger partial charge in [0, 0.05) is 17.2 Å². The number of hydrogen-bond acceptors (Lipinski definition) is 3. The number of Topliss-reactive ketones (excluding diaryl/α,β-unsaturated/α-hetero) is 1. The number of nitrogens with two attached hydrogens (primary N) is 1. The second-order valence-electron chi connectivity index (χ2n) is 4.30. The molecule has 0 radical (unpaired) electrons. The van der Waals surface area contributed by atoms with Crippen LogP contribution >= 0.6 is 0 Å². The third-order valence-electron chi connectivity index (χ3n) is 3.25. The first-order valence-corrected chi connectivity index (χ1v) is 5.70. The smallest absolute Gasteiger partial charge is 0.168 e. The monoisotopic (exact) mass is 219 g/mol. The van der Waals surface area contributed by atoms with Gasteiger partial charge in [-0.2, -0.15) is 0 Å². The van der Waals surface area contributed by atoms with Crippen molar-refractivity contribution in [2.75, 3.05) is 12.8 Å². The van der Waals surface area contributed by atoms with Crippen LogP contribution in [0.4, 0.5) is 5.69 Å². The Balaban J connectivity index is 2.27. The normalized spacial score (nSPS) is 16.3. The van der Waals surface area contributed by atoms with E-state index >= 15 is 0 Å². The topological polar surface area (TPSA) is 52.3 Å². The van der Waals surface area contributed by atoms with Gasteiger partial charge in [-0.1, -0.05) is 12.8 Å². The van der Waals surface area contributed by atoms with E-state index in [0.717, 1.165) is 25.7 Å². The minimum Gasteiger partial charge on any atom is -0.497 e. The predicted octanol–water partition coefficient (Wildman–Crippen LogP) is 2.65. The van der Waals surface area contributed by atoms with E-state index in [1.54, 1.807) is 25.3 Å². The fraction of sp³-hybridized carbons (Fsp3) is 0.462. The van der Waals surface area contributed by atoms with Gasteiger partial charge in [-0.15, -0.1) is 0 Å². The third-order valence-corrected chi connectivity index (χ3v) is 3.25. The number of benzene rings is 1. The molecular formula is C13H17NO2. The quantitative estimate of drug-likeness (QED) is 0.628. The Kier molecular flexibility index (Phi) is 3.13. The molecule has 0 saturated heterocycles. The lowest BCUT2D eigenvalue weighted by Gasteiger charge is -2.11. The summed E-state index contributed by atoms with van der Waals surface area (Å²) >= 11 is 0. The lowest BCUT2D eigenvalue weighted by Crippen LogP contribution is -2.13. The highest BCUT2D eigenvalue weighted by Gasteiger charge is 2.25. The summed E-state index contributed by atoms with van der Waals surface area (Å²) in [5, 5.41) is 0. The van der Waals surface area contributed by atoms with E-state index in [1.807, 2.05) is 0 Å². The summed E-state index contributed by atoms with van der Waals surface area (Å²) in [6.07, 6.45) is 4.30. The average Bonchev–Trinajstić information content (AvgIpc) is 2.82. The Hall–Kier alpha value is -1.51. The molecule has 1 aromatic carbocycles. The molecule has 0 spiro atoms. The molecule has 1 aliphatic carbocycles. The summed E-state index contributed by atoms with van der Waals surface area (Å²) in [6.45, 7) is 0. The number of methoxy groups -OCH3 is 1. The van der Waals surface area contributed by atoms with E-state index in [2.05, 4.69) is 0 Å². The van der Waals surface area contributed by atoms with Crippen LogP contribution in [0.1, 0.15) is 36.0 Å². The zero-order valence-electron chi connectivity index (χ0n) is 9.53. The SMILES string of the molecule is COc1ccc(N)c(C(=O)C2CCCC2)c1. The summed E-state index contributed by atoms with van der Waals surface area (Å²) in [6, 6.07) is 5.26. The van der Waals surface area contributed by atoms with Crippen molar-refractivity contribution in [3.8, 4) is 5.75 Å². The highest BCUT2D eigenvalue weighted by Crippen LogP contribution is 2.31. The van der Waals surface area contributed by atoms with Crippen LogP contribution in [-0.4, -0.2) is 12.9 Å². The second-order valence-corrected chi connectivity index (χ2v) is 4.30. The van der Waals surface area contributed by atoms with Gasteiger partial charge in [0.25, 0.3) is 0 Å². The van der Waals surface area contributed by atoms with E-state index in [9.17, 15) is 4.79 Å². The molecule has 16 heavy (non-hydrogen) atoms. The lowest BCUT2D eigenvalue weighted by molar-refractivity contribution is 0.0923. The largest absolute Gasteiger partial charge is 0.497 e. The molecule has 1 aromatic rings. The molecule has 0 amide bonds. The molecule has 0 unspecified atom stereocenters. The van der Waals surface area contributed by atoms with Gasteiger partial charge < -0.3 is 10.5 Å². The molecule has 2 N–H and O–H groups in total. The van der Waals surface area contributed by atoms with E-state index in [4.69, 9.17) is 10.5 Å². The van der Waals surface area contributed by atoms with Gasteiger partial charge in [-0.3, -0.25) is 4.79 Å². The van der Waals surface area contributed by atoms with Crippen molar-refractivity contribution in [3.05, 3.63) is 23.8 Å². The van der Waals surface area contributed by atoms with Gasteiger partial charge in [0.1, 0.15) is 5.75 Å². The number of carbonyl (C=O) groups excluding carboxylic acids is 1. The van der Waals surface area contributed by atoms with E-state index < -0.39 is 0 Å². The van der Waals surface area contributed by atoms with E-state index in [0.29, 0.717) is 17.0 Å². The number of ether oxygens (including phenoxy) is 1. The number of anilines is 1. The van der Waals surface area contributed by atoms with Gasteiger partial charge in [-0.25, -0.2) is 0 Å². The molecule has 3 heteroatoms. The zero-order chi connectivity index (χ0) is 11.5. The summed E-state index contributed by atoms with van der Waals surface area (Å²) < 4.78 is 5.11. The van der Waals surface area contributed by atoms with Crippen LogP contribution < -0.4 is 10.5 Å². The summed E-state index contributed by atoms with van der Waals surface area (Å²) in [5.74, 6) is 1.03. The van der Waals surface area contributed by atoms with Crippen molar-refractivity contribution in [1.82, 2.24) is 0 Å². The van der Waals surface area contributed by atoms with Gasteiger partial charge in [-0.05, 0) is 31.0 Å². The maximum atomic E-state index is 12.2. The van der Waals surface area contributed by atoms with Crippen LogP contribution in [0, 0.1) is 5.92 Å². The van der Waals surface area contributed by atoms with Crippen LogP contribution in [0.25, 0.3) is 0 Å². The zero-order valence-corrected chi connectivity index (χ0v) is 9.53. The first-order chi connectivity index (χ1) is 7.72. The maximum absolute atomic E-state index is 12.2. The molecule has 0 aliphatic heterocycles. The summed E-state index contributed by atoms with van der Waals surface area (Å²) in [5.41, 5.74) is 7.01. The lowest BCUT2D eigenvalue weighted by atomic mass is 9.95. The summed E-state index contributed by atoms with van der Waals surface area (Å²) in [4.78, 5) is 12.2. The number of nitrogen functional groups attached to an aromatic ring is 1. The van der Waals surface area contributed by atoms with Crippen molar-refractivity contribution in [3.63, 3.8) is 0 Å². The van der Waals surface area contributed by atoms with Crippen molar-refractivity contribution in [1.29, 1.82) is 0 Å². The average molecular weight is 219 g/mol. The molecule has 1 aliphatic rings. The van der Waals surface area contributed by atoms with Crippen molar-refractivity contribution >= 4 is 11.5 Å². The third kappa shape index (κ3) is 2.03. The van der Waals surface area contributed by atoms with Crippen molar-refractivity contribution in [2.45, 2.75) is 25.7 Å². The molecule has 0 bridgehead atoms. The first-order valence-electron chi connectivity index (χ1n) is 5.70. The van der Waals surface area contributed by atoms with Gasteiger partial charge >= 0.3 is 0 Å². The fourth-order valence-corrected chi connectivity index (χ4v) is 2.28. The number of hydrogen-bond donors (Lipinski definition) is 1. The molecule has 3 nitrogen and oxygen atoms in total. The Bertz CT molecular complexity index is 395. The Morgan fingerprint density at radius 1 is 1.38 bits per heavy atom. The molecule has 86 valence electrons. The van der Waals surface area contributed by atoms with Crippen molar-refractivity contribution in [2.24, 2.45) is 5.92 Å². The Labute approximate surface area is 95.6 Å². The minimum absolute atomic E-state index is 0.161. The molecule has 0 aromatic heterocycles. The van der Waals surface area contributed by atoms with Gasteiger partial charge in [0.2, 0.25) is 0 Å². The highest BCUT2D eigenvalue weighted by atomic mass is 16.5. The van der Waals surface area contributed by atoms with E-state index in [-0.39, 0.29) is 11.7 Å². The van der Waals surface area contributed by atoms with Gasteiger partial charge in [0.15, 0.2) is 5.78 Å². The Morgan fingerprint density at radius 3 is 2.69 bits per heavy atom. The van der Waals surface area contributed by atoms with Crippen LogP contribution in [0.3, 0.4) is 0 Å². The number of carbonyl (C=O) groups is 1. The highest BCUT2D eigenvalue weighted by molar-refractivity contribution is 6.02. The molecular weight excluding hydrogens is 202 g/mol. The first kappa shape index (κ1) is 11.0. The van der Waals surface area contributed by atoms with Crippen LogP contribution in [0.2, 0.25) is 0 Å². The van der Waals surface area contributed by atoms with Crippen LogP contribution in [0.5, 0.6) is 5.75 Å². The van der Waals surface area contributed by atoms with Crippen LogP contribution in [0.15, 0.2) is 18.2 Å². The van der Waals surface area contributed by atoms with Crippen molar-refractivity contribution < 1.29 is 9.53 Å². The Morgan fingerprint density at radius 2 is 2.06 bits per heavy atom. The molecule has 1 fully saturated rings. The van der Waals surface area contributed by atoms with Crippen LogP contribution in [-0.2, 0) is 0 Å².